The second kappa shape index (κ2) is 5.85. The highest BCUT2D eigenvalue weighted by Gasteiger charge is 2.46. The minimum atomic E-state index is -1.37. The zero-order valence-electron chi connectivity index (χ0n) is 12.2. The Kier molecular flexibility index (Phi) is 5.08. The summed E-state index contributed by atoms with van der Waals surface area (Å²) in [6.45, 7) is 8.27. The molecule has 0 radical (unpaired) electrons. The number of ether oxygens (including phenoxy) is 3. The van der Waals surface area contributed by atoms with Gasteiger partial charge in [0.2, 0.25) is 0 Å². The fourth-order valence-corrected chi connectivity index (χ4v) is 1.83. The van der Waals surface area contributed by atoms with Gasteiger partial charge in [-0.1, -0.05) is 0 Å². The van der Waals surface area contributed by atoms with E-state index in [9.17, 15) is 15.0 Å². The number of carbonyl (C=O) groups excluding carboxylic acids is 1. The van der Waals surface area contributed by atoms with Crippen LogP contribution in [0.4, 0.5) is 0 Å². The van der Waals surface area contributed by atoms with Gasteiger partial charge in [-0.15, -0.1) is 0 Å². The van der Waals surface area contributed by atoms with Crippen LogP contribution in [-0.4, -0.2) is 58.9 Å². The van der Waals surface area contributed by atoms with Gasteiger partial charge in [0.25, 0.3) is 0 Å². The van der Waals surface area contributed by atoms with Gasteiger partial charge >= 0.3 is 0 Å². The molecule has 6 heteroatoms. The Morgan fingerprint density at radius 1 is 1.37 bits per heavy atom. The van der Waals surface area contributed by atoms with Crippen LogP contribution in [0.25, 0.3) is 0 Å². The number of Topliss-reactive ketones (excluding diaryl/α,β-unsaturated/α-hetero) is 1. The molecule has 6 nitrogen and oxygen atoms in total. The number of ketones is 1. The van der Waals surface area contributed by atoms with Crippen molar-refractivity contribution in [3.05, 3.63) is 0 Å². The van der Waals surface area contributed by atoms with E-state index in [0.717, 1.165) is 0 Å². The highest BCUT2D eigenvalue weighted by Crippen LogP contribution is 2.30. The Bertz CT molecular complexity index is 320. The summed E-state index contributed by atoms with van der Waals surface area (Å²) in [6, 6.07) is 0. The van der Waals surface area contributed by atoms with E-state index in [2.05, 4.69) is 0 Å². The maximum absolute atomic E-state index is 11.9. The number of aliphatic hydroxyl groups excluding tert-OH is 2. The Labute approximate surface area is 113 Å². The second-order valence-corrected chi connectivity index (χ2v) is 6.13. The lowest BCUT2D eigenvalue weighted by molar-refractivity contribution is -0.163. The molecule has 0 aromatic rings. The SMILES string of the molecule is CC(C)(C)OCC(=O)[C@@H](O)[C@@H]1OC(C)(C)O[C@@H]1CO. The van der Waals surface area contributed by atoms with Gasteiger partial charge in [0.05, 0.1) is 12.2 Å². The van der Waals surface area contributed by atoms with Crippen LogP contribution in [-0.2, 0) is 19.0 Å². The summed E-state index contributed by atoms with van der Waals surface area (Å²) in [4.78, 5) is 11.9. The van der Waals surface area contributed by atoms with Gasteiger partial charge in [-0.3, -0.25) is 4.79 Å². The van der Waals surface area contributed by atoms with Crippen LogP contribution < -0.4 is 0 Å². The van der Waals surface area contributed by atoms with E-state index >= 15 is 0 Å². The molecule has 0 bridgehead atoms. The normalized spacial score (nSPS) is 28.4. The average molecular weight is 276 g/mol. The quantitative estimate of drug-likeness (QED) is 0.748. The molecule has 1 aliphatic heterocycles. The van der Waals surface area contributed by atoms with Crippen molar-refractivity contribution in [2.45, 2.75) is 64.3 Å². The molecule has 1 aliphatic rings. The van der Waals surface area contributed by atoms with Gasteiger partial charge in [-0.25, -0.2) is 0 Å². The number of aliphatic hydroxyl groups is 2. The van der Waals surface area contributed by atoms with Crippen LogP contribution in [0.15, 0.2) is 0 Å². The van der Waals surface area contributed by atoms with Crippen LogP contribution in [0.1, 0.15) is 34.6 Å². The highest BCUT2D eigenvalue weighted by molar-refractivity contribution is 5.84. The number of hydrogen-bond donors (Lipinski definition) is 2. The van der Waals surface area contributed by atoms with E-state index in [1.807, 2.05) is 20.8 Å². The molecule has 1 rings (SSSR count). The summed E-state index contributed by atoms with van der Waals surface area (Å²) < 4.78 is 16.2. The van der Waals surface area contributed by atoms with Crippen molar-refractivity contribution in [2.75, 3.05) is 13.2 Å². The van der Waals surface area contributed by atoms with E-state index in [0.29, 0.717) is 0 Å². The molecule has 0 saturated carbocycles. The molecule has 2 N–H and O–H groups in total. The zero-order valence-corrected chi connectivity index (χ0v) is 12.2. The van der Waals surface area contributed by atoms with E-state index < -0.39 is 35.5 Å². The van der Waals surface area contributed by atoms with E-state index in [1.54, 1.807) is 13.8 Å². The van der Waals surface area contributed by atoms with E-state index in [-0.39, 0.29) is 13.2 Å². The van der Waals surface area contributed by atoms with Gasteiger partial charge < -0.3 is 24.4 Å². The molecule has 0 aromatic carbocycles. The molecule has 1 saturated heterocycles. The molecule has 112 valence electrons. The van der Waals surface area contributed by atoms with Crippen LogP contribution >= 0.6 is 0 Å². The fourth-order valence-electron chi connectivity index (χ4n) is 1.83. The standard InChI is InChI=1S/C13H24O6/c1-12(2,3)17-7-8(15)10(16)11-9(6-14)18-13(4,5)19-11/h9-11,14,16H,6-7H2,1-5H3/t9-,10-,11-/m1/s1. The van der Waals surface area contributed by atoms with Crippen LogP contribution in [0, 0.1) is 0 Å². The fraction of sp³-hybridized carbons (Fsp3) is 0.923. The van der Waals surface area contributed by atoms with Crippen molar-refractivity contribution in [2.24, 2.45) is 0 Å². The Balaban J connectivity index is 2.61. The summed E-state index contributed by atoms with van der Waals surface area (Å²) in [7, 11) is 0. The molecule has 0 spiro atoms. The molecule has 3 atom stereocenters. The number of carbonyl (C=O) groups is 1. The largest absolute Gasteiger partial charge is 0.394 e. The van der Waals surface area contributed by atoms with Crippen LogP contribution in [0.2, 0.25) is 0 Å². The Morgan fingerprint density at radius 3 is 2.42 bits per heavy atom. The van der Waals surface area contributed by atoms with E-state index in [4.69, 9.17) is 14.2 Å². The first-order chi connectivity index (χ1) is 8.56. The van der Waals surface area contributed by atoms with Crippen molar-refractivity contribution in [1.29, 1.82) is 0 Å². The van der Waals surface area contributed by atoms with E-state index in [1.165, 1.54) is 0 Å². The monoisotopic (exact) mass is 276 g/mol. The maximum atomic E-state index is 11.9. The predicted molar refractivity (Wildman–Crippen MR) is 67.6 cm³/mol. The molecule has 0 unspecified atom stereocenters. The molecule has 0 aliphatic carbocycles. The smallest absolute Gasteiger partial charge is 0.189 e. The van der Waals surface area contributed by atoms with Crippen molar-refractivity contribution < 1.29 is 29.2 Å². The van der Waals surface area contributed by atoms with Crippen molar-refractivity contribution in [3.63, 3.8) is 0 Å². The first kappa shape index (κ1) is 16.5. The summed E-state index contributed by atoms with van der Waals surface area (Å²) in [5.41, 5.74) is -0.460. The molecule has 0 amide bonds. The summed E-state index contributed by atoms with van der Waals surface area (Å²) in [5.74, 6) is -1.41. The van der Waals surface area contributed by atoms with Crippen LogP contribution in [0.3, 0.4) is 0 Å². The first-order valence-corrected chi connectivity index (χ1v) is 6.37. The number of rotatable bonds is 5. The minimum absolute atomic E-state index is 0.205. The zero-order chi connectivity index (χ0) is 14.8. The predicted octanol–water partition coefficient (Wildman–Crippen LogP) is 0.244. The third-order valence-corrected chi connectivity index (χ3v) is 2.69. The van der Waals surface area contributed by atoms with Gasteiger partial charge in [0, 0.05) is 0 Å². The summed E-state index contributed by atoms with van der Waals surface area (Å²) in [6.07, 6.45) is -2.97. The minimum Gasteiger partial charge on any atom is -0.394 e. The van der Waals surface area contributed by atoms with Gasteiger partial charge in [0.15, 0.2) is 11.6 Å². The molecular weight excluding hydrogens is 252 g/mol. The molecule has 1 heterocycles. The maximum Gasteiger partial charge on any atom is 0.189 e. The second-order valence-electron chi connectivity index (χ2n) is 6.13. The lowest BCUT2D eigenvalue weighted by Gasteiger charge is -2.23. The van der Waals surface area contributed by atoms with Gasteiger partial charge in [0.1, 0.15) is 24.9 Å². The number of hydrogen-bond acceptors (Lipinski definition) is 6. The summed E-state index contributed by atoms with van der Waals surface area (Å²) >= 11 is 0. The Hall–Kier alpha value is -0.530. The third-order valence-electron chi connectivity index (χ3n) is 2.69. The first-order valence-electron chi connectivity index (χ1n) is 6.37. The third kappa shape index (κ3) is 4.81. The molecule has 19 heavy (non-hydrogen) atoms. The summed E-state index contributed by atoms with van der Waals surface area (Å²) in [5, 5.41) is 19.2. The molecular formula is C13H24O6. The topological polar surface area (TPSA) is 85.2 Å². The van der Waals surface area contributed by atoms with Crippen LogP contribution in [0.5, 0.6) is 0 Å². The van der Waals surface area contributed by atoms with Crippen molar-refractivity contribution in [3.8, 4) is 0 Å². The highest BCUT2D eigenvalue weighted by atomic mass is 16.8. The van der Waals surface area contributed by atoms with Gasteiger partial charge in [-0.05, 0) is 34.6 Å². The molecule has 0 aromatic heterocycles. The van der Waals surface area contributed by atoms with Crippen molar-refractivity contribution in [1.82, 2.24) is 0 Å². The average Bonchev–Trinajstić information content (AvgIpc) is 2.59. The Morgan fingerprint density at radius 2 is 1.95 bits per heavy atom. The van der Waals surface area contributed by atoms with Crippen molar-refractivity contribution >= 4 is 5.78 Å². The van der Waals surface area contributed by atoms with Gasteiger partial charge in [-0.2, -0.15) is 0 Å². The lowest BCUT2D eigenvalue weighted by Crippen LogP contribution is -2.44. The lowest BCUT2D eigenvalue weighted by atomic mass is 10.0. The molecule has 1 fully saturated rings.